The summed E-state index contributed by atoms with van der Waals surface area (Å²) in [7, 11) is -4.33. The number of pyridine rings is 1. The molecule has 2 bridgehead atoms. The maximum absolute atomic E-state index is 15.1. The van der Waals surface area contributed by atoms with Gasteiger partial charge in [0, 0.05) is 41.7 Å². The number of morpholine rings is 1. The lowest BCUT2D eigenvalue weighted by molar-refractivity contribution is -0.144. The molecule has 0 radical (unpaired) electrons. The summed E-state index contributed by atoms with van der Waals surface area (Å²) >= 11 is 0. The number of hydrogen-bond donors (Lipinski definition) is 3. The summed E-state index contributed by atoms with van der Waals surface area (Å²) in [5, 5.41) is 4.30. The molecule has 4 saturated heterocycles. The molecule has 8 atom stereocenters. The van der Waals surface area contributed by atoms with Crippen molar-refractivity contribution >= 4 is 53.3 Å². The van der Waals surface area contributed by atoms with E-state index in [2.05, 4.69) is 25.2 Å². The lowest BCUT2D eigenvalue weighted by Gasteiger charge is -2.37. The molecule has 1 spiro atoms. The van der Waals surface area contributed by atoms with Crippen molar-refractivity contribution in [1.29, 1.82) is 0 Å². The minimum atomic E-state index is -4.95. The Morgan fingerprint density at radius 1 is 1.07 bits per heavy atom. The fourth-order valence-corrected chi connectivity index (χ4v) is 13.2. The van der Waals surface area contributed by atoms with Gasteiger partial charge in [-0.05, 0) is 95.2 Å². The van der Waals surface area contributed by atoms with Crippen LogP contribution in [0.3, 0.4) is 0 Å². The van der Waals surface area contributed by atoms with Crippen molar-refractivity contribution in [1.82, 2.24) is 30.1 Å². The molecule has 3 unspecified atom stereocenters. The maximum Gasteiger partial charge on any atom is 0.437 e. The number of rotatable bonds is 11. The average molecular weight is 991 g/mol. The van der Waals surface area contributed by atoms with Gasteiger partial charge in [-0.3, -0.25) is 24.0 Å². The number of nitrogens with one attached hydrogen (secondary N) is 3. The van der Waals surface area contributed by atoms with Crippen molar-refractivity contribution < 1.29 is 59.7 Å². The summed E-state index contributed by atoms with van der Waals surface area (Å²) in [6, 6.07) is 3.05. The number of amides is 4. The van der Waals surface area contributed by atoms with Gasteiger partial charge in [-0.1, -0.05) is 47.4 Å². The second-order valence-corrected chi connectivity index (χ2v) is 24.2. The summed E-state index contributed by atoms with van der Waals surface area (Å²) in [5.41, 5.74) is -2.94. The minimum absolute atomic E-state index is 0.00170. The first-order chi connectivity index (χ1) is 32.3. The number of benzene rings is 1. The zero-order valence-electron chi connectivity index (χ0n) is 38.8. The van der Waals surface area contributed by atoms with Gasteiger partial charge in [0.2, 0.25) is 21.8 Å². The van der Waals surface area contributed by atoms with Gasteiger partial charge >= 0.3 is 12.3 Å². The van der Waals surface area contributed by atoms with Crippen molar-refractivity contribution in [2.24, 2.45) is 5.92 Å². The molecule has 372 valence electrons. The van der Waals surface area contributed by atoms with E-state index in [4.69, 9.17) is 18.9 Å². The molecule has 7 aliphatic rings. The summed E-state index contributed by atoms with van der Waals surface area (Å²) in [6.45, 7) is 7.71. The van der Waals surface area contributed by atoms with Gasteiger partial charge in [0.1, 0.15) is 28.7 Å². The first-order valence-corrected chi connectivity index (χ1v) is 26.6. The number of sulfonamides is 1. The quantitative estimate of drug-likeness (QED) is 0.142. The molecule has 9 rings (SSSR count). The average Bonchev–Trinajstić information content (AvgIpc) is 4.16. The fraction of sp³-hybridized carbons (Fsp3) is 0.681. The predicted octanol–water partition coefficient (Wildman–Crippen LogP) is 5.69. The zero-order chi connectivity index (χ0) is 48.2. The monoisotopic (exact) mass is 990 g/mol. The van der Waals surface area contributed by atoms with Gasteiger partial charge in [0.05, 0.1) is 43.2 Å². The summed E-state index contributed by atoms with van der Waals surface area (Å²) in [6.07, 6.45) is 4.22. The molecule has 68 heavy (non-hydrogen) atoms. The highest BCUT2D eigenvalue weighted by Crippen LogP contribution is 2.60. The third-order valence-electron chi connectivity index (χ3n) is 14.7. The van der Waals surface area contributed by atoms with Crippen LogP contribution < -0.4 is 24.8 Å². The summed E-state index contributed by atoms with van der Waals surface area (Å²) < 4.78 is 96.7. The number of aryl methyl sites for hydroxylation is 1. The van der Waals surface area contributed by atoms with E-state index in [9.17, 15) is 27.6 Å². The van der Waals surface area contributed by atoms with Crippen LogP contribution in [0.1, 0.15) is 109 Å². The first kappa shape index (κ1) is 48.8. The van der Waals surface area contributed by atoms with Crippen molar-refractivity contribution in [3.8, 4) is 11.5 Å². The molecule has 3 N–H and O–H groups in total. The smallest absolute Gasteiger partial charge is 0.437 e. The number of alkyl carbamates (subject to hydrolysis) is 1. The van der Waals surface area contributed by atoms with E-state index in [0.717, 1.165) is 39.0 Å². The van der Waals surface area contributed by atoms with E-state index < -0.39 is 84.8 Å². The van der Waals surface area contributed by atoms with Crippen LogP contribution in [0.5, 0.6) is 11.5 Å². The van der Waals surface area contributed by atoms with E-state index in [1.807, 2.05) is 19.9 Å². The number of hydrogen-bond acceptors (Lipinski definition) is 12. The molecule has 1 aliphatic carbocycles. The second kappa shape index (κ2) is 18.8. The first-order valence-electron chi connectivity index (χ1n) is 24.1. The highest BCUT2D eigenvalue weighted by Gasteiger charge is 2.64. The van der Waals surface area contributed by atoms with Gasteiger partial charge < -0.3 is 34.5 Å². The van der Waals surface area contributed by atoms with Gasteiger partial charge in [0.25, 0.3) is 5.91 Å². The summed E-state index contributed by atoms with van der Waals surface area (Å²) in [5.74, 6) is -2.39. The summed E-state index contributed by atoms with van der Waals surface area (Å²) in [4.78, 5) is 64.7. The maximum atomic E-state index is 15.1. The number of fused-ring (bicyclic) bond motifs is 7. The Morgan fingerprint density at radius 3 is 2.56 bits per heavy atom. The SMILES string of the molecule is CC(C)COC(=O)N[C@H]1CCCCC/C=C\[C@@H]2P[C@@]2(C(=O)NS(=O)(=O)C2(C)CC2)NC(=O)[C@@H]2C[C@]3(CCc4c(c(C(F)(F)F)nc5ccc(OCCCN6C7CCC6COC7)cc45)O3)CN2C1=O. The predicted molar refractivity (Wildman–Crippen MR) is 246 cm³/mol. The number of allylic oxidation sites excluding steroid dienone is 1. The van der Waals surface area contributed by atoms with E-state index in [0.29, 0.717) is 68.4 Å². The molecular weight excluding hydrogens is 929 g/mol. The van der Waals surface area contributed by atoms with Crippen LogP contribution in [0.4, 0.5) is 18.0 Å². The molecule has 6 aliphatic heterocycles. The number of alkyl halides is 3. The van der Waals surface area contributed by atoms with Crippen molar-refractivity contribution in [3.05, 3.63) is 41.6 Å². The topological polar surface area (TPSA) is 195 Å². The van der Waals surface area contributed by atoms with Gasteiger partial charge in [0.15, 0.2) is 11.4 Å². The normalized spacial score (nSPS) is 31.2. The number of carbonyl (C=O) groups excluding carboxylic acids is 4. The van der Waals surface area contributed by atoms with Crippen molar-refractivity contribution in [2.75, 3.05) is 39.5 Å². The molecule has 1 aromatic heterocycles. The lowest BCUT2D eigenvalue weighted by atomic mass is 9.87. The molecule has 7 heterocycles. The van der Waals surface area contributed by atoms with Crippen molar-refractivity contribution in [3.63, 3.8) is 0 Å². The number of aromatic nitrogens is 1. The van der Waals surface area contributed by atoms with E-state index >= 15 is 13.2 Å². The van der Waals surface area contributed by atoms with Crippen LogP contribution in [0, 0.1) is 5.92 Å². The Balaban J connectivity index is 1.01. The van der Waals surface area contributed by atoms with Crippen LogP contribution in [0.25, 0.3) is 10.9 Å². The lowest BCUT2D eigenvalue weighted by Crippen LogP contribution is -2.58. The zero-order valence-corrected chi connectivity index (χ0v) is 40.6. The highest BCUT2D eigenvalue weighted by atomic mass is 32.2. The molecule has 4 amide bonds. The van der Waals surface area contributed by atoms with Crippen LogP contribution in [-0.2, 0) is 46.5 Å². The second-order valence-electron chi connectivity index (χ2n) is 20.3. The molecular formula is C47H62F3N6O10PS. The molecule has 5 fully saturated rings. The molecule has 21 heteroatoms. The number of halogens is 3. The molecule has 2 aromatic rings. The molecule has 16 nitrogen and oxygen atoms in total. The van der Waals surface area contributed by atoms with E-state index in [-0.39, 0.29) is 64.4 Å². The Morgan fingerprint density at radius 2 is 1.84 bits per heavy atom. The third kappa shape index (κ3) is 9.89. The molecule has 1 aromatic carbocycles. The third-order valence-corrected chi connectivity index (χ3v) is 18.6. The number of nitrogens with zero attached hydrogens (tertiary/aromatic N) is 3. The Kier molecular flexibility index (Phi) is 13.5. The van der Waals surface area contributed by atoms with Crippen LogP contribution >= 0.6 is 8.58 Å². The van der Waals surface area contributed by atoms with Crippen LogP contribution in [0.2, 0.25) is 0 Å². The van der Waals surface area contributed by atoms with Gasteiger partial charge in [-0.25, -0.2) is 18.2 Å². The standard InChI is InChI=1S/C47H62F3N6O10PS/c1-28(2)24-65-43(60)52-35-10-7-5-4-6-8-11-37-46(67-37,42(59)54-68(61,62)44(3)18-19-44)53-40(57)36-23-45(27-56(36)41(35)58)17-16-32-33-22-31(14-15-34(33)51-39(38(32)66-45)47(48,49)50)64-21-9-20-55-29-12-13-30(55)26-63-25-29/h8,11,14-15,22,28-30,35-37,67H,4-7,9-10,12-13,16-21,23-27H2,1-3H3,(H,52,60)(H,53,57)(H,54,59)/b11-8-/t29?,30?,35-,36-,37-,45+,46-/m0/s1. The highest BCUT2D eigenvalue weighted by molar-refractivity contribution is 7.91. The molecule has 1 saturated carbocycles. The van der Waals surface area contributed by atoms with Gasteiger partial charge in [-0.2, -0.15) is 13.2 Å². The minimum Gasteiger partial charge on any atom is -0.494 e. The number of carbonyl (C=O) groups is 4. The van der Waals surface area contributed by atoms with E-state index in [1.54, 1.807) is 25.1 Å². The largest absolute Gasteiger partial charge is 0.494 e. The number of ether oxygens (including phenoxy) is 4. The van der Waals surface area contributed by atoms with Gasteiger partial charge in [-0.15, -0.1) is 0 Å². The Hall–Kier alpha value is -4.26. The van der Waals surface area contributed by atoms with Crippen LogP contribution in [-0.4, -0.2) is 132 Å². The fourth-order valence-electron chi connectivity index (χ4n) is 10.5. The van der Waals surface area contributed by atoms with Crippen molar-refractivity contribution in [2.45, 2.75) is 156 Å². The van der Waals surface area contributed by atoms with E-state index in [1.165, 1.54) is 11.0 Å². The Labute approximate surface area is 396 Å². The van der Waals surface area contributed by atoms with Crippen LogP contribution in [0.15, 0.2) is 30.4 Å². The Bertz CT molecular complexity index is 2440.